The quantitative estimate of drug-likeness (QED) is 0.453. The molecule has 0 saturated heterocycles. The molecule has 5 nitrogen and oxygen atoms in total. The van der Waals surface area contributed by atoms with Gasteiger partial charge in [-0.15, -0.1) is 0 Å². The van der Waals surface area contributed by atoms with Gasteiger partial charge in [0.1, 0.15) is 11.2 Å². The fourth-order valence-corrected chi connectivity index (χ4v) is 2.77. The number of hydrogen-bond acceptors (Lipinski definition) is 5. The number of carbonyl (C=O) groups is 3. The molecule has 0 heterocycles. The van der Waals surface area contributed by atoms with E-state index >= 15 is 0 Å². The Bertz CT molecular complexity index is 840. The minimum absolute atomic E-state index is 0.458. The van der Waals surface area contributed by atoms with Crippen LogP contribution in [-0.4, -0.2) is 29.4 Å². The van der Waals surface area contributed by atoms with E-state index in [1.165, 1.54) is 0 Å². The Morgan fingerprint density at radius 3 is 1.74 bits per heavy atom. The minimum Gasteiger partial charge on any atom is -0.459 e. The highest BCUT2D eigenvalue weighted by molar-refractivity contribution is 6.07. The second-order valence-electron chi connectivity index (χ2n) is 8.41. The molecule has 0 bridgehead atoms. The third-order valence-corrected chi connectivity index (χ3v) is 3.71. The van der Waals surface area contributed by atoms with Crippen LogP contribution in [0.3, 0.4) is 0 Å². The Labute approximate surface area is 159 Å². The molecule has 0 amide bonds. The second kappa shape index (κ2) is 7.51. The van der Waals surface area contributed by atoms with E-state index < -0.39 is 29.1 Å². The predicted molar refractivity (Wildman–Crippen MR) is 104 cm³/mol. The largest absolute Gasteiger partial charge is 0.459 e. The van der Waals surface area contributed by atoms with Gasteiger partial charge in [0.15, 0.2) is 12.2 Å². The molecule has 0 spiro atoms. The van der Waals surface area contributed by atoms with Crippen LogP contribution >= 0.6 is 0 Å². The van der Waals surface area contributed by atoms with Crippen molar-refractivity contribution in [1.29, 1.82) is 0 Å². The molecular weight excluding hydrogens is 344 g/mol. The Hall–Kier alpha value is -2.69. The summed E-state index contributed by atoms with van der Waals surface area (Å²) in [5.41, 5.74) is -0.563. The van der Waals surface area contributed by atoms with Crippen molar-refractivity contribution in [3.8, 4) is 0 Å². The van der Waals surface area contributed by atoms with Gasteiger partial charge >= 0.3 is 11.9 Å². The number of benzene rings is 2. The van der Waals surface area contributed by atoms with E-state index in [1.54, 1.807) is 77.9 Å². The smallest absolute Gasteiger partial charge is 0.325 e. The van der Waals surface area contributed by atoms with Crippen LogP contribution in [0.15, 0.2) is 36.4 Å². The second-order valence-corrected chi connectivity index (χ2v) is 8.41. The predicted octanol–water partition coefficient (Wildman–Crippen LogP) is 4.42. The maximum absolute atomic E-state index is 12.9. The van der Waals surface area contributed by atoms with E-state index in [0.29, 0.717) is 21.9 Å². The van der Waals surface area contributed by atoms with Crippen molar-refractivity contribution in [2.45, 2.75) is 58.7 Å². The zero-order valence-electron chi connectivity index (χ0n) is 16.7. The fourth-order valence-electron chi connectivity index (χ4n) is 2.77. The van der Waals surface area contributed by atoms with Gasteiger partial charge in [-0.2, -0.15) is 0 Å². The van der Waals surface area contributed by atoms with E-state index in [4.69, 9.17) is 9.47 Å². The number of hydrogen-bond donors (Lipinski definition) is 0. The lowest BCUT2D eigenvalue weighted by atomic mass is 9.91. The van der Waals surface area contributed by atoms with E-state index in [-0.39, 0.29) is 0 Å². The molecule has 0 aliphatic heterocycles. The Kier molecular flexibility index (Phi) is 5.73. The van der Waals surface area contributed by atoms with Crippen LogP contribution in [0.5, 0.6) is 0 Å². The Morgan fingerprint density at radius 2 is 1.30 bits per heavy atom. The van der Waals surface area contributed by atoms with Gasteiger partial charge in [0.05, 0.1) is 0 Å². The number of ether oxygens (including phenoxy) is 2. The molecule has 2 rings (SSSR count). The lowest BCUT2D eigenvalue weighted by molar-refractivity contribution is -0.169. The molecule has 144 valence electrons. The van der Waals surface area contributed by atoms with Crippen LogP contribution in [0, 0.1) is 0 Å². The number of esters is 2. The number of rotatable bonds is 4. The molecule has 0 radical (unpaired) electrons. The van der Waals surface area contributed by atoms with Gasteiger partial charge in [-0.1, -0.05) is 36.4 Å². The summed E-state index contributed by atoms with van der Waals surface area (Å²) in [5.74, 6) is -2.60. The molecular formula is C22H26O5. The minimum atomic E-state index is -1.24. The number of aldehydes is 1. The highest BCUT2D eigenvalue weighted by Gasteiger charge is 2.37. The van der Waals surface area contributed by atoms with Crippen molar-refractivity contribution in [2.75, 3.05) is 0 Å². The monoisotopic (exact) mass is 370 g/mol. The first-order chi connectivity index (χ1) is 12.4. The molecule has 0 aliphatic rings. The molecule has 5 heteroatoms. The third-order valence-electron chi connectivity index (χ3n) is 3.71. The molecule has 0 saturated carbocycles. The first-order valence-electron chi connectivity index (χ1n) is 8.85. The SMILES string of the molecule is CC(C)(C)OC(=O)C(C(=O)OC(C)(C)C)c1ccc(C=O)c2ccccc12. The van der Waals surface area contributed by atoms with E-state index in [1.807, 2.05) is 0 Å². The molecule has 0 atom stereocenters. The van der Waals surface area contributed by atoms with Crippen molar-refractivity contribution >= 4 is 29.0 Å². The number of carbonyl (C=O) groups excluding carboxylic acids is 3. The maximum atomic E-state index is 12.9. The molecule has 0 aromatic heterocycles. The van der Waals surface area contributed by atoms with Crippen LogP contribution in [0.25, 0.3) is 10.8 Å². The van der Waals surface area contributed by atoms with Gasteiger partial charge in [-0.3, -0.25) is 14.4 Å². The van der Waals surface area contributed by atoms with Crippen molar-refractivity contribution in [3.63, 3.8) is 0 Å². The molecule has 2 aromatic carbocycles. The van der Waals surface area contributed by atoms with Gasteiger partial charge in [0.25, 0.3) is 0 Å². The zero-order chi connectivity index (χ0) is 20.4. The summed E-state index contributed by atoms with van der Waals surface area (Å²) in [4.78, 5) is 37.1. The van der Waals surface area contributed by atoms with E-state index in [9.17, 15) is 14.4 Å². The summed E-state index contributed by atoms with van der Waals surface area (Å²) < 4.78 is 11.0. The summed E-state index contributed by atoms with van der Waals surface area (Å²) in [6.45, 7) is 10.4. The summed E-state index contributed by atoms with van der Waals surface area (Å²) in [6.07, 6.45) is 0.752. The van der Waals surface area contributed by atoms with Crippen molar-refractivity contribution in [3.05, 3.63) is 47.5 Å². The topological polar surface area (TPSA) is 69.7 Å². The van der Waals surface area contributed by atoms with Crippen molar-refractivity contribution < 1.29 is 23.9 Å². The highest BCUT2D eigenvalue weighted by atomic mass is 16.6. The van der Waals surface area contributed by atoms with Crippen LogP contribution < -0.4 is 0 Å². The van der Waals surface area contributed by atoms with Gasteiger partial charge in [0, 0.05) is 5.56 Å². The van der Waals surface area contributed by atoms with Gasteiger partial charge in [-0.25, -0.2) is 0 Å². The van der Waals surface area contributed by atoms with Gasteiger partial charge < -0.3 is 9.47 Å². The maximum Gasteiger partial charge on any atom is 0.325 e. The first kappa shape index (κ1) is 20.6. The van der Waals surface area contributed by atoms with Gasteiger partial charge in [-0.05, 0) is 57.9 Å². The molecule has 0 unspecified atom stereocenters. The standard InChI is InChI=1S/C22H26O5/c1-21(2,3)26-19(24)18(20(25)27-22(4,5)6)17-12-11-14(13-23)15-9-7-8-10-16(15)17/h7-13,18H,1-6H3. The summed E-state index contributed by atoms with van der Waals surface area (Å²) in [7, 11) is 0. The molecule has 2 aromatic rings. The number of fused-ring (bicyclic) bond motifs is 1. The zero-order valence-corrected chi connectivity index (χ0v) is 16.7. The summed E-state index contributed by atoms with van der Waals surface area (Å²) >= 11 is 0. The fraction of sp³-hybridized carbons (Fsp3) is 0.409. The van der Waals surface area contributed by atoms with Crippen LogP contribution in [0.1, 0.15) is 63.4 Å². The lowest BCUT2D eigenvalue weighted by Crippen LogP contribution is -2.35. The summed E-state index contributed by atoms with van der Waals surface area (Å²) in [5, 5.41) is 1.31. The molecule has 27 heavy (non-hydrogen) atoms. The van der Waals surface area contributed by atoms with Crippen LogP contribution in [0.4, 0.5) is 0 Å². The Balaban J connectivity index is 2.63. The average Bonchev–Trinajstić information content (AvgIpc) is 2.51. The van der Waals surface area contributed by atoms with Crippen molar-refractivity contribution in [2.24, 2.45) is 0 Å². The highest BCUT2D eigenvalue weighted by Crippen LogP contribution is 2.31. The van der Waals surface area contributed by atoms with Crippen molar-refractivity contribution in [1.82, 2.24) is 0 Å². The third kappa shape index (κ3) is 5.16. The van der Waals surface area contributed by atoms with E-state index in [0.717, 1.165) is 6.29 Å². The molecule has 0 aliphatic carbocycles. The Morgan fingerprint density at radius 1 is 0.815 bits per heavy atom. The van der Waals surface area contributed by atoms with Gasteiger partial charge in [0.2, 0.25) is 0 Å². The first-order valence-corrected chi connectivity index (χ1v) is 8.85. The van der Waals surface area contributed by atoms with Crippen LogP contribution in [0.2, 0.25) is 0 Å². The lowest BCUT2D eigenvalue weighted by Gasteiger charge is -2.27. The molecule has 0 N–H and O–H groups in total. The van der Waals surface area contributed by atoms with E-state index in [2.05, 4.69) is 0 Å². The average molecular weight is 370 g/mol. The van der Waals surface area contributed by atoms with Crippen LogP contribution in [-0.2, 0) is 19.1 Å². The molecule has 0 fully saturated rings. The normalized spacial score (nSPS) is 12.1. The summed E-state index contributed by atoms with van der Waals surface area (Å²) in [6, 6.07) is 10.4.